The van der Waals surface area contributed by atoms with Gasteiger partial charge in [-0.3, -0.25) is 0 Å². The first-order valence-corrected chi connectivity index (χ1v) is 11.8. The van der Waals surface area contributed by atoms with E-state index in [1.807, 2.05) is 12.1 Å². The van der Waals surface area contributed by atoms with Crippen molar-refractivity contribution in [2.45, 2.75) is 12.8 Å². The summed E-state index contributed by atoms with van der Waals surface area (Å²) in [6.07, 6.45) is 3.84. The largest absolute Gasteiger partial charge is 0.493 e. The zero-order valence-corrected chi connectivity index (χ0v) is 20.0. The summed E-state index contributed by atoms with van der Waals surface area (Å²) in [7, 11) is 3.80. The molecule has 33 heavy (non-hydrogen) atoms. The molecule has 0 amide bonds. The van der Waals surface area contributed by atoms with Crippen molar-refractivity contribution in [3.8, 4) is 11.5 Å². The second kappa shape index (κ2) is 9.12. The summed E-state index contributed by atoms with van der Waals surface area (Å²) >= 11 is 11.0. The molecule has 2 fully saturated rings. The highest BCUT2D eigenvalue weighted by molar-refractivity contribution is 6.31. The number of likely N-dealkylation sites (tertiary alicyclic amines) is 1. The Balaban J connectivity index is 1.37. The minimum atomic E-state index is -0.615. The Kier molecular flexibility index (Phi) is 6.20. The van der Waals surface area contributed by atoms with Crippen LogP contribution in [0.1, 0.15) is 12.8 Å². The van der Waals surface area contributed by atoms with Crippen LogP contribution in [0.4, 0.5) is 15.9 Å². The maximum absolute atomic E-state index is 14.6. The molecule has 9 heteroatoms. The van der Waals surface area contributed by atoms with Gasteiger partial charge in [-0.2, -0.15) is 0 Å². The number of nitrogens with one attached hydrogen (secondary N) is 1. The standard InChI is InChI=1S/C24H26Cl2FN4O2/c1-31-9-14-5-13(6-15(14)10-31)11-33-21-8-19-16(7-20(21)32-2)24(29-12-28-19)30-18-4-3-17(25)22(26)23(18)27/h3-4,7-8,12-15,25H,5-6,9-11H2,1-2H3,(H,28,29,30)/q+1/t13?,14-,15+. The highest BCUT2D eigenvalue weighted by atomic mass is 35.5. The number of nitrogens with zero attached hydrogens (tertiary/aromatic N) is 3. The van der Waals surface area contributed by atoms with Crippen LogP contribution in [0.2, 0.25) is 10.0 Å². The molecule has 3 atom stereocenters. The normalized spacial score (nSPS) is 22.5. The van der Waals surface area contributed by atoms with Crippen molar-refractivity contribution in [2.24, 2.45) is 17.8 Å². The van der Waals surface area contributed by atoms with Crippen LogP contribution in [-0.4, -0.2) is 48.7 Å². The molecule has 1 aromatic heterocycles. The summed E-state index contributed by atoms with van der Waals surface area (Å²) in [4.78, 5) is 11.1. The molecule has 2 aliphatic rings. The predicted molar refractivity (Wildman–Crippen MR) is 124 cm³/mol. The molecule has 1 unspecified atom stereocenters. The SMILES string of the molecule is COc1cc2c(Nc3ccc([ClH+])c(Cl)c3F)ncnc2cc1OCC1C[C@@H]2CN(C)C[C@@H]2C1. The number of aromatic nitrogens is 2. The smallest absolute Gasteiger partial charge is 0.247 e. The fourth-order valence-corrected chi connectivity index (χ4v) is 5.52. The fraction of sp³-hybridized carbons (Fsp3) is 0.417. The van der Waals surface area contributed by atoms with E-state index in [9.17, 15) is 4.39 Å². The van der Waals surface area contributed by atoms with E-state index in [1.165, 1.54) is 32.3 Å². The third kappa shape index (κ3) is 4.42. The molecule has 3 aromatic rings. The van der Waals surface area contributed by atoms with Crippen LogP contribution >= 0.6 is 11.6 Å². The number of rotatable bonds is 6. The van der Waals surface area contributed by atoms with Crippen molar-refractivity contribution in [1.82, 2.24) is 14.9 Å². The number of methoxy groups -OCH3 is 1. The van der Waals surface area contributed by atoms with Gasteiger partial charge in [-0.25, -0.2) is 14.4 Å². The van der Waals surface area contributed by atoms with Crippen molar-refractivity contribution >= 4 is 34.0 Å². The van der Waals surface area contributed by atoms with Crippen molar-refractivity contribution < 1.29 is 25.5 Å². The van der Waals surface area contributed by atoms with Crippen LogP contribution < -0.4 is 14.8 Å². The van der Waals surface area contributed by atoms with Gasteiger partial charge in [-0.15, -0.1) is 0 Å². The van der Waals surface area contributed by atoms with Gasteiger partial charge in [0.1, 0.15) is 17.2 Å². The van der Waals surface area contributed by atoms with Gasteiger partial charge < -0.3 is 19.7 Å². The van der Waals surface area contributed by atoms with Gasteiger partial charge in [0.05, 0.1) is 24.9 Å². The Bertz CT molecular complexity index is 1180. The molecule has 1 aliphatic carbocycles. The molecule has 2 aromatic carbocycles. The van der Waals surface area contributed by atoms with Gasteiger partial charge in [0.2, 0.25) is 5.02 Å². The average molecular weight is 492 g/mol. The summed E-state index contributed by atoms with van der Waals surface area (Å²) in [5.74, 6) is 3.17. The van der Waals surface area contributed by atoms with E-state index in [2.05, 4.69) is 27.2 Å². The number of ether oxygens (including phenoxy) is 2. The summed E-state index contributed by atoms with van der Waals surface area (Å²) in [5.41, 5.74) is 0.852. The predicted octanol–water partition coefficient (Wildman–Crippen LogP) is 4.84. The van der Waals surface area contributed by atoms with E-state index in [-0.39, 0.29) is 15.7 Å². The lowest BCUT2D eigenvalue weighted by atomic mass is 10.0. The van der Waals surface area contributed by atoms with Gasteiger partial charge in [0.15, 0.2) is 28.9 Å². The van der Waals surface area contributed by atoms with E-state index in [1.54, 1.807) is 19.2 Å². The third-order valence-electron chi connectivity index (χ3n) is 6.73. The zero-order chi connectivity index (χ0) is 23.1. The summed E-state index contributed by atoms with van der Waals surface area (Å²) in [6.45, 7) is 3.04. The number of benzene rings is 2. The first kappa shape index (κ1) is 22.4. The van der Waals surface area contributed by atoms with Crippen LogP contribution in [0, 0.1) is 35.2 Å². The molecular formula is C24H26Cl2FN4O2+. The highest BCUT2D eigenvalue weighted by Gasteiger charge is 2.39. The van der Waals surface area contributed by atoms with Gasteiger partial charge in [0, 0.05) is 30.6 Å². The number of halogens is 3. The van der Waals surface area contributed by atoms with Gasteiger partial charge in [-0.1, -0.05) is 11.6 Å². The van der Waals surface area contributed by atoms with Crippen LogP contribution in [0.15, 0.2) is 30.6 Å². The average Bonchev–Trinajstić information content (AvgIpc) is 3.34. The third-order valence-corrected chi connectivity index (χ3v) is 7.55. The van der Waals surface area contributed by atoms with E-state index in [4.69, 9.17) is 32.7 Å². The number of fused-ring (bicyclic) bond motifs is 2. The molecule has 5 rings (SSSR count). The Morgan fingerprint density at radius 1 is 1.18 bits per heavy atom. The van der Waals surface area contributed by atoms with Gasteiger partial charge in [-0.05, 0) is 49.8 Å². The Hall–Kier alpha value is -2.35. The molecule has 0 bridgehead atoms. The van der Waals surface area contributed by atoms with E-state index < -0.39 is 5.82 Å². The molecule has 174 valence electrons. The second-order valence-corrected chi connectivity index (χ2v) is 9.81. The van der Waals surface area contributed by atoms with Crippen LogP contribution in [0.5, 0.6) is 11.5 Å². The Morgan fingerprint density at radius 2 is 1.94 bits per heavy atom. The van der Waals surface area contributed by atoms with Crippen molar-refractivity contribution in [2.75, 3.05) is 39.2 Å². The maximum atomic E-state index is 14.6. The first-order chi connectivity index (χ1) is 15.9. The van der Waals surface area contributed by atoms with E-state index >= 15 is 0 Å². The molecule has 2 heterocycles. The molecule has 0 spiro atoms. The lowest BCUT2D eigenvalue weighted by Crippen LogP contribution is -2.18. The Morgan fingerprint density at radius 3 is 2.67 bits per heavy atom. The quantitative estimate of drug-likeness (QED) is 0.498. The summed E-state index contributed by atoms with van der Waals surface area (Å²) < 4.78 is 26.4. The van der Waals surface area contributed by atoms with Crippen molar-refractivity contribution in [1.29, 1.82) is 0 Å². The van der Waals surface area contributed by atoms with Crippen LogP contribution in [0.25, 0.3) is 10.9 Å². The minimum Gasteiger partial charge on any atom is -0.493 e. The summed E-state index contributed by atoms with van der Waals surface area (Å²) in [6, 6.07) is 6.78. The molecule has 0 radical (unpaired) electrons. The summed E-state index contributed by atoms with van der Waals surface area (Å²) in [5, 5.41) is 3.84. The molecule has 6 nitrogen and oxygen atoms in total. The number of hydrogen-bond donors (Lipinski definition) is 1. The minimum absolute atomic E-state index is 0.0932. The Labute approximate surface area is 202 Å². The molecule has 1 N–H and O–H groups in total. The maximum Gasteiger partial charge on any atom is 0.247 e. The number of anilines is 2. The van der Waals surface area contributed by atoms with E-state index in [0.717, 1.165) is 11.8 Å². The first-order valence-electron chi connectivity index (χ1n) is 11.0. The van der Waals surface area contributed by atoms with E-state index in [0.29, 0.717) is 40.7 Å². The zero-order valence-electron chi connectivity index (χ0n) is 18.5. The molecular weight excluding hydrogens is 466 g/mol. The molecule has 1 aliphatic heterocycles. The van der Waals surface area contributed by atoms with Crippen molar-refractivity contribution in [3.05, 3.63) is 46.5 Å². The lowest BCUT2D eigenvalue weighted by molar-refractivity contribution is -0.288. The number of hydrogen-bond acceptors (Lipinski definition) is 6. The lowest BCUT2D eigenvalue weighted by Gasteiger charge is -2.17. The monoisotopic (exact) mass is 491 g/mol. The van der Waals surface area contributed by atoms with Crippen LogP contribution in [0.3, 0.4) is 0 Å². The second-order valence-electron chi connectivity index (χ2n) is 9.00. The van der Waals surface area contributed by atoms with Gasteiger partial charge in [0.25, 0.3) is 0 Å². The molecule has 1 saturated heterocycles. The van der Waals surface area contributed by atoms with Crippen LogP contribution in [-0.2, 0) is 0 Å². The highest BCUT2D eigenvalue weighted by Crippen LogP contribution is 2.42. The topological polar surface area (TPSA) is 59.5 Å². The molecule has 1 saturated carbocycles. The van der Waals surface area contributed by atoms with Crippen molar-refractivity contribution in [3.63, 3.8) is 0 Å². The van der Waals surface area contributed by atoms with Gasteiger partial charge >= 0.3 is 0 Å². The fourth-order valence-electron chi connectivity index (χ4n) is 5.20.